The maximum Gasteiger partial charge on any atom is 0.415 e. The van der Waals surface area contributed by atoms with Gasteiger partial charge in [0, 0.05) is 11.6 Å². The fraction of sp³-hybridized carbons (Fsp3) is 0.292. The quantitative estimate of drug-likeness (QED) is 0.575. The second-order valence-corrected chi connectivity index (χ2v) is 7.99. The summed E-state index contributed by atoms with van der Waals surface area (Å²) in [5.74, 6) is 1.02. The lowest BCUT2D eigenvalue weighted by Crippen LogP contribution is -2.37. The minimum atomic E-state index is -0.401. The molecule has 0 spiro atoms. The monoisotopic (exact) mass is 420 g/mol. The van der Waals surface area contributed by atoms with E-state index in [9.17, 15) is 9.18 Å². The van der Waals surface area contributed by atoms with Crippen molar-refractivity contribution in [3.63, 3.8) is 0 Å². The molecule has 31 heavy (non-hydrogen) atoms. The highest BCUT2D eigenvalue weighted by Crippen LogP contribution is 2.28. The third-order valence-electron chi connectivity index (χ3n) is 5.50. The number of rotatable bonds is 6. The van der Waals surface area contributed by atoms with Gasteiger partial charge >= 0.3 is 6.09 Å². The minimum absolute atomic E-state index is 0.0642. The number of hydrogen-bond donors (Lipinski definition) is 1. The van der Waals surface area contributed by atoms with Gasteiger partial charge in [-0.3, -0.25) is 9.88 Å². The molecule has 1 aliphatic rings. The van der Waals surface area contributed by atoms with E-state index >= 15 is 0 Å². The molecule has 0 aliphatic carbocycles. The first kappa shape index (κ1) is 20.8. The fourth-order valence-corrected chi connectivity index (χ4v) is 3.68. The zero-order chi connectivity index (χ0) is 22.0. The van der Waals surface area contributed by atoms with Crippen molar-refractivity contribution in [3.05, 3.63) is 72.3 Å². The van der Waals surface area contributed by atoms with E-state index in [1.54, 1.807) is 29.4 Å². The van der Waals surface area contributed by atoms with Crippen molar-refractivity contribution in [2.45, 2.75) is 32.9 Å². The van der Waals surface area contributed by atoms with Gasteiger partial charge in [-0.2, -0.15) is 0 Å². The smallest absolute Gasteiger partial charge is 0.415 e. The maximum atomic E-state index is 14.0. The molecule has 1 aromatic heterocycles. The average molecular weight is 420 g/mol. The Morgan fingerprint density at radius 2 is 1.84 bits per heavy atom. The number of hydrogen-bond acceptors (Lipinski definition) is 5. The number of nitrogens with zero attached hydrogens (tertiary/aromatic N) is 3. The number of ether oxygens (including phenoxy) is 1. The van der Waals surface area contributed by atoms with Gasteiger partial charge in [-0.05, 0) is 30.0 Å². The van der Waals surface area contributed by atoms with Gasteiger partial charge in [-0.15, -0.1) is 0 Å². The molecule has 2 aromatic carbocycles. The molecule has 1 fully saturated rings. The molecule has 160 valence electrons. The van der Waals surface area contributed by atoms with Crippen LogP contribution in [0, 0.1) is 11.7 Å². The van der Waals surface area contributed by atoms with Crippen LogP contribution in [0.5, 0.6) is 0 Å². The zero-order valence-corrected chi connectivity index (χ0v) is 17.7. The Bertz CT molecular complexity index is 1070. The van der Waals surface area contributed by atoms with Crippen molar-refractivity contribution in [1.82, 2.24) is 9.97 Å². The molecule has 2 heterocycles. The third-order valence-corrected chi connectivity index (χ3v) is 5.50. The minimum Gasteiger partial charge on any atom is -0.447 e. The summed E-state index contributed by atoms with van der Waals surface area (Å²) in [6.45, 7) is 6.44. The van der Waals surface area contributed by atoms with Crippen LogP contribution in [-0.4, -0.2) is 28.7 Å². The molecule has 4 rings (SSSR count). The highest BCUT2D eigenvalue weighted by Gasteiger charge is 2.37. The van der Waals surface area contributed by atoms with Gasteiger partial charge in [0.25, 0.3) is 0 Å². The summed E-state index contributed by atoms with van der Waals surface area (Å²) in [6, 6.07) is 14.3. The summed E-state index contributed by atoms with van der Waals surface area (Å²) in [7, 11) is 0. The average Bonchev–Trinajstić information content (AvgIpc) is 3.16. The van der Waals surface area contributed by atoms with Gasteiger partial charge in [0.05, 0.1) is 18.4 Å². The fourth-order valence-electron chi connectivity index (χ4n) is 3.68. The van der Waals surface area contributed by atoms with Crippen LogP contribution in [0.15, 0.2) is 60.9 Å². The van der Waals surface area contributed by atoms with E-state index in [1.165, 1.54) is 6.07 Å². The van der Waals surface area contributed by atoms with Gasteiger partial charge in [0.15, 0.2) is 5.82 Å². The first-order chi connectivity index (χ1) is 14.9. The molecule has 7 heteroatoms. The summed E-state index contributed by atoms with van der Waals surface area (Å²) in [6.07, 6.45) is 2.79. The van der Waals surface area contributed by atoms with E-state index in [0.717, 1.165) is 11.1 Å². The summed E-state index contributed by atoms with van der Waals surface area (Å²) in [5, 5.41) is 3.33. The predicted octanol–water partition coefficient (Wildman–Crippen LogP) is 5.44. The molecule has 3 aromatic rings. The number of amides is 1. The van der Waals surface area contributed by atoms with Gasteiger partial charge in [-0.25, -0.2) is 14.2 Å². The summed E-state index contributed by atoms with van der Waals surface area (Å²) >= 11 is 0. The number of anilines is 2. The van der Waals surface area contributed by atoms with Crippen molar-refractivity contribution in [1.29, 1.82) is 0 Å². The molecule has 1 saturated heterocycles. The van der Waals surface area contributed by atoms with E-state index in [1.807, 2.05) is 51.1 Å². The number of benzene rings is 2. The van der Waals surface area contributed by atoms with Crippen molar-refractivity contribution < 1.29 is 13.9 Å². The van der Waals surface area contributed by atoms with Gasteiger partial charge in [0.2, 0.25) is 0 Å². The Kier molecular flexibility index (Phi) is 5.84. The van der Waals surface area contributed by atoms with Gasteiger partial charge < -0.3 is 10.1 Å². The Hall–Kier alpha value is -3.48. The number of halogens is 1. The lowest BCUT2D eigenvalue weighted by atomic mass is 10.0. The van der Waals surface area contributed by atoms with E-state index in [4.69, 9.17) is 4.74 Å². The van der Waals surface area contributed by atoms with Crippen LogP contribution in [0.25, 0.3) is 11.1 Å². The molecule has 2 atom stereocenters. The molecule has 1 N–H and O–H groups in total. The van der Waals surface area contributed by atoms with Crippen molar-refractivity contribution in [2.24, 2.45) is 5.92 Å². The SMILES string of the molecule is CC(C)[C@H]1COC(=O)N1c1cncc(N[C@@H](C)c2ccc(-c3ccccc3F)cc2)n1. The normalized spacial score (nSPS) is 17.0. The topological polar surface area (TPSA) is 67.3 Å². The van der Waals surface area contributed by atoms with E-state index in [2.05, 4.69) is 15.3 Å². The number of carbonyl (C=O) groups excluding carboxylic acids is 1. The first-order valence-electron chi connectivity index (χ1n) is 10.3. The van der Waals surface area contributed by atoms with E-state index < -0.39 is 6.09 Å². The lowest BCUT2D eigenvalue weighted by Gasteiger charge is -2.23. The van der Waals surface area contributed by atoms with Crippen LogP contribution in [0.4, 0.5) is 20.8 Å². The molecule has 0 bridgehead atoms. The molecule has 6 nitrogen and oxygen atoms in total. The molecular weight excluding hydrogens is 395 g/mol. The van der Waals surface area contributed by atoms with E-state index in [0.29, 0.717) is 23.8 Å². The molecule has 1 amide bonds. The maximum absolute atomic E-state index is 14.0. The Balaban J connectivity index is 1.50. The standard InChI is InChI=1S/C24H25FN4O2/c1-15(2)21-14-31-24(30)29(21)23-13-26-12-22(28-23)27-16(3)17-8-10-18(11-9-17)19-6-4-5-7-20(19)25/h4-13,15-16,21H,14H2,1-3H3,(H,27,28)/t16-,21+/m0/s1. The first-order valence-corrected chi connectivity index (χ1v) is 10.3. The van der Waals surface area contributed by atoms with Crippen molar-refractivity contribution in [3.8, 4) is 11.1 Å². The molecular formula is C24H25FN4O2. The van der Waals surface area contributed by atoms with Crippen LogP contribution < -0.4 is 10.2 Å². The molecule has 0 saturated carbocycles. The van der Waals surface area contributed by atoms with Gasteiger partial charge in [0.1, 0.15) is 18.2 Å². The largest absolute Gasteiger partial charge is 0.447 e. The highest BCUT2D eigenvalue weighted by atomic mass is 19.1. The second-order valence-electron chi connectivity index (χ2n) is 7.99. The number of nitrogens with one attached hydrogen (secondary N) is 1. The van der Waals surface area contributed by atoms with Crippen molar-refractivity contribution in [2.75, 3.05) is 16.8 Å². The molecule has 0 unspecified atom stereocenters. The molecule has 1 aliphatic heterocycles. The van der Waals surface area contributed by atoms with Crippen LogP contribution in [0.1, 0.15) is 32.4 Å². The third kappa shape index (κ3) is 4.35. The Labute approximate surface area is 181 Å². The summed E-state index contributed by atoms with van der Waals surface area (Å²) < 4.78 is 19.2. The van der Waals surface area contributed by atoms with Gasteiger partial charge in [-0.1, -0.05) is 56.3 Å². The lowest BCUT2D eigenvalue weighted by molar-refractivity contribution is 0.177. The van der Waals surface area contributed by atoms with Crippen LogP contribution in [0.3, 0.4) is 0 Å². The zero-order valence-electron chi connectivity index (χ0n) is 17.7. The summed E-state index contributed by atoms with van der Waals surface area (Å²) in [4.78, 5) is 22.6. The second kappa shape index (κ2) is 8.71. The Morgan fingerprint density at radius 1 is 1.10 bits per heavy atom. The van der Waals surface area contributed by atoms with Crippen LogP contribution >= 0.6 is 0 Å². The molecule has 0 radical (unpaired) electrons. The predicted molar refractivity (Wildman–Crippen MR) is 118 cm³/mol. The number of aromatic nitrogens is 2. The van der Waals surface area contributed by atoms with Crippen molar-refractivity contribution >= 4 is 17.7 Å². The Morgan fingerprint density at radius 3 is 2.55 bits per heavy atom. The highest BCUT2D eigenvalue weighted by molar-refractivity contribution is 5.89. The van der Waals surface area contributed by atoms with Crippen LogP contribution in [-0.2, 0) is 4.74 Å². The number of carbonyl (C=O) groups is 1. The number of cyclic esters (lactones) is 1. The van der Waals surface area contributed by atoms with E-state index in [-0.39, 0.29) is 23.8 Å². The van der Waals surface area contributed by atoms with Crippen LogP contribution in [0.2, 0.25) is 0 Å². The summed E-state index contributed by atoms with van der Waals surface area (Å²) in [5.41, 5.74) is 2.42.